The molecule has 0 bridgehead atoms. The molecule has 0 aliphatic carbocycles. The SMILES string of the molecule is C.C.C.CC(F)(F)CF.CF.FCC(F)(F)OC(F)(F)CC(F)(F)F.FCC(F)(F)OF.O=S(=O)(O)F. The first-order valence-electron chi connectivity index (χ1n) is 6.96. The number of alkyl halides is 15. The zero-order chi connectivity index (χ0) is 29.2. The summed E-state index contributed by atoms with van der Waals surface area (Å²) >= 11 is 0. The second-order valence-electron chi connectivity index (χ2n) is 4.77. The molecule has 37 heavy (non-hydrogen) atoms. The molecule has 238 valence electrons. The lowest BCUT2D eigenvalue weighted by molar-refractivity contribution is -0.395. The van der Waals surface area contributed by atoms with Crippen LogP contribution in [0.15, 0.2) is 0 Å². The van der Waals surface area contributed by atoms with E-state index < -0.39 is 67.4 Å². The second kappa shape index (κ2) is 23.7. The molecule has 0 aliphatic rings. The number of ether oxygens (including phenoxy) is 1. The third kappa shape index (κ3) is 72.0. The van der Waals surface area contributed by atoms with Crippen LogP contribution in [-0.2, 0) is 20.2 Å². The van der Waals surface area contributed by atoms with E-state index in [9.17, 15) is 74.3 Å². The van der Waals surface area contributed by atoms with Gasteiger partial charge < -0.3 is 0 Å². The smallest absolute Gasteiger partial charge is 0.260 e. The summed E-state index contributed by atoms with van der Waals surface area (Å²) in [5.74, 6) is -3.12. The van der Waals surface area contributed by atoms with E-state index in [0.717, 1.165) is 0 Å². The van der Waals surface area contributed by atoms with Crippen molar-refractivity contribution in [3.63, 3.8) is 0 Å². The third-order valence-corrected chi connectivity index (χ3v) is 1.36. The van der Waals surface area contributed by atoms with Crippen LogP contribution in [0.4, 0.5) is 74.3 Å². The summed E-state index contributed by atoms with van der Waals surface area (Å²) in [6.07, 6.45) is -22.6. The summed E-state index contributed by atoms with van der Waals surface area (Å²) < 4.78 is 214. The van der Waals surface area contributed by atoms with Crippen LogP contribution in [0.2, 0.25) is 0 Å². The topological polar surface area (TPSA) is 72.8 Å². The van der Waals surface area contributed by atoms with Gasteiger partial charge in [0.1, 0.15) is 6.42 Å². The normalized spacial score (nSPS) is 11.5. The quantitative estimate of drug-likeness (QED) is 0.174. The lowest BCUT2D eigenvalue weighted by atomic mass is 10.4. The molecule has 0 amide bonds. The van der Waals surface area contributed by atoms with E-state index >= 15 is 0 Å². The van der Waals surface area contributed by atoms with Crippen LogP contribution in [-0.4, -0.2) is 70.6 Å². The Hall–Kier alpha value is -1.36. The Kier molecular flexibility index (Phi) is 35.9. The fourth-order valence-electron chi connectivity index (χ4n) is 0.536. The molecule has 0 atom stereocenters. The Morgan fingerprint density at radius 3 is 1.03 bits per heavy atom. The van der Waals surface area contributed by atoms with Crippen LogP contribution >= 0.6 is 0 Å². The van der Waals surface area contributed by atoms with E-state index in [-0.39, 0.29) is 22.3 Å². The molecule has 0 saturated heterocycles. The van der Waals surface area contributed by atoms with Gasteiger partial charge in [-0.2, -0.15) is 47.9 Å². The average Bonchev–Trinajstić information content (AvgIpc) is 2.59. The van der Waals surface area contributed by atoms with Gasteiger partial charge in [0.05, 0.1) is 7.18 Å². The molecule has 0 heterocycles. The van der Waals surface area contributed by atoms with Crippen LogP contribution in [0.25, 0.3) is 0 Å². The van der Waals surface area contributed by atoms with Crippen LogP contribution in [0, 0.1) is 0 Å². The highest BCUT2D eigenvalue weighted by Gasteiger charge is 2.51. The molecule has 0 saturated carbocycles. The molecule has 0 aliphatic heterocycles. The van der Waals surface area contributed by atoms with Gasteiger partial charge in [-0.25, -0.2) is 22.0 Å². The molecule has 0 fully saturated rings. The van der Waals surface area contributed by atoms with Crippen molar-refractivity contribution in [1.82, 2.24) is 0 Å². The van der Waals surface area contributed by atoms with E-state index in [2.05, 4.69) is 4.74 Å². The minimum Gasteiger partial charge on any atom is -0.260 e. The van der Waals surface area contributed by atoms with Crippen molar-refractivity contribution >= 4 is 10.5 Å². The zero-order valence-corrected chi connectivity index (χ0v) is 17.1. The molecular formula is C14H27F17O5S. The third-order valence-electron chi connectivity index (χ3n) is 1.36. The summed E-state index contributed by atoms with van der Waals surface area (Å²) in [6.45, 7) is -5.79. The molecular weight excluding hydrogens is 603 g/mol. The average molecular weight is 630 g/mol. The van der Waals surface area contributed by atoms with E-state index in [1.807, 2.05) is 4.94 Å². The Morgan fingerprint density at radius 2 is 0.919 bits per heavy atom. The first-order chi connectivity index (χ1) is 14.7. The first-order valence-corrected chi connectivity index (χ1v) is 8.30. The lowest BCUT2D eigenvalue weighted by Gasteiger charge is -2.22. The van der Waals surface area contributed by atoms with Crippen molar-refractivity contribution in [2.75, 3.05) is 27.2 Å². The first kappa shape index (κ1) is 56.0. The number of rotatable bonds is 7. The van der Waals surface area contributed by atoms with Gasteiger partial charge in [-0.05, 0) is 4.53 Å². The number of hydrogen-bond donors (Lipinski definition) is 1. The minimum absolute atomic E-state index is 0. The Morgan fingerprint density at radius 1 is 0.676 bits per heavy atom. The van der Waals surface area contributed by atoms with Crippen molar-refractivity contribution in [3.8, 4) is 0 Å². The van der Waals surface area contributed by atoms with Crippen LogP contribution in [0.5, 0.6) is 0 Å². The van der Waals surface area contributed by atoms with Gasteiger partial charge >= 0.3 is 35.0 Å². The highest BCUT2D eigenvalue weighted by molar-refractivity contribution is 7.80. The maximum atomic E-state index is 12.0. The lowest BCUT2D eigenvalue weighted by Crippen LogP contribution is -2.37. The second-order valence-corrected chi connectivity index (χ2v) is 5.59. The highest BCUT2D eigenvalue weighted by atomic mass is 32.3. The van der Waals surface area contributed by atoms with Crippen molar-refractivity contribution in [2.24, 2.45) is 0 Å². The maximum Gasteiger partial charge on any atom is 0.435 e. The molecule has 1 N–H and O–H groups in total. The van der Waals surface area contributed by atoms with Crippen molar-refractivity contribution < 1.29 is 96.9 Å². The highest BCUT2D eigenvalue weighted by Crippen LogP contribution is 2.36. The summed E-state index contributed by atoms with van der Waals surface area (Å²) in [5.41, 5.74) is 0. The Balaban J connectivity index is -0.0000000522. The van der Waals surface area contributed by atoms with Gasteiger partial charge in [0, 0.05) is 6.92 Å². The van der Waals surface area contributed by atoms with E-state index in [1.54, 1.807) is 0 Å². The van der Waals surface area contributed by atoms with Crippen LogP contribution < -0.4 is 0 Å². The van der Waals surface area contributed by atoms with Crippen LogP contribution in [0.1, 0.15) is 35.6 Å². The molecule has 0 rings (SSSR count). The molecule has 0 unspecified atom stereocenters. The Bertz CT molecular complexity index is 566. The van der Waals surface area contributed by atoms with Crippen LogP contribution in [0.3, 0.4) is 0 Å². The van der Waals surface area contributed by atoms with Gasteiger partial charge in [0.2, 0.25) is 0 Å². The fraction of sp³-hybridized carbons (Fsp3) is 1.00. The molecule has 5 nitrogen and oxygen atoms in total. The predicted octanol–water partition coefficient (Wildman–Crippen LogP) is 8.42. The van der Waals surface area contributed by atoms with Gasteiger partial charge in [0.15, 0.2) is 20.0 Å². The zero-order valence-electron chi connectivity index (χ0n) is 16.2. The summed E-state index contributed by atoms with van der Waals surface area (Å²) in [6, 6.07) is 0. The van der Waals surface area contributed by atoms with E-state index in [0.29, 0.717) is 14.1 Å². The van der Waals surface area contributed by atoms with Gasteiger partial charge in [0.25, 0.3) is 5.92 Å². The monoisotopic (exact) mass is 630 g/mol. The van der Waals surface area contributed by atoms with E-state index in [1.165, 1.54) is 0 Å². The summed E-state index contributed by atoms with van der Waals surface area (Å²) in [4.78, 5) is 1.88. The molecule has 0 aromatic heterocycles. The van der Waals surface area contributed by atoms with Crippen molar-refractivity contribution in [3.05, 3.63) is 0 Å². The predicted molar refractivity (Wildman–Crippen MR) is 97.2 cm³/mol. The van der Waals surface area contributed by atoms with E-state index in [4.69, 9.17) is 13.0 Å². The largest absolute Gasteiger partial charge is 0.435 e. The minimum atomic E-state index is -5.38. The summed E-state index contributed by atoms with van der Waals surface area (Å²) in [7, 11) is -4.67. The maximum absolute atomic E-state index is 12.0. The van der Waals surface area contributed by atoms with Crippen molar-refractivity contribution in [2.45, 2.75) is 66.0 Å². The molecule has 23 heteroatoms. The Labute approximate surface area is 201 Å². The van der Waals surface area contributed by atoms with Gasteiger partial charge in [-0.1, -0.05) is 26.2 Å². The molecule has 0 radical (unpaired) electrons. The van der Waals surface area contributed by atoms with Gasteiger partial charge in [-0.3, -0.25) is 13.7 Å². The number of halogens is 17. The number of hydrogen-bond acceptors (Lipinski definition) is 4. The van der Waals surface area contributed by atoms with Crippen molar-refractivity contribution in [1.29, 1.82) is 0 Å². The molecule has 0 aromatic rings. The van der Waals surface area contributed by atoms with Gasteiger partial charge in [-0.15, -0.1) is 4.94 Å². The molecule has 0 spiro atoms. The fourth-order valence-corrected chi connectivity index (χ4v) is 0.536. The summed E-state index contributed by atoms with van der Waals surface area (Å²) in [5, 5.41) is 0. The standard InChI is InChI=1S/C5H4F8O.C3H5F3.C2H2F4O.CH3F.3CH4.FHO3S/c6-2-5(12,13)14-4(10,11)1-3(7,8)9;1-3(5,6)2-4;3-1-2(4,5)7-6;1-2;;;;1-5(2,3)4/h1-2H2;2H2,1H3;1H2;1H3;3*1H4;(H,2,3,4). The molecule has 0 aromatic carbocycles.